The van der Waals surface area contributed by atoms with Gasteiger partial charge in [0.2, 0.25) is 0 Å². The molecule has 5 heteroatoms. The predicted molar refractivity (Wildman–Crippen MR) is 98.5 cm³/mol. The van der Waals surface area contributed by atoms with Gasteiger partial charge < -0.3 is 4.74 Å². The second-order valence-electron chi connectivity index (χ2n) is 6.18. The lowest BCUT2D eigenvalue weighted by molar-refractivity contribution is 0.215. The van der Waals surface area contributed by atoms with E-state index in [0.29, 0.717) is 11.6 Å². The van der Waals surface area contributed by atoms with Gasteiger partial charge in [0.25, 0.3) is 0 Å². The van der Waals surface area contributed by atoms with Crippen LogP contribution in [0.4, 0.5) is 10.6 Å². The maximum Gasteiger partial charge on any atom is 0.418 e. The maximum absolute atomic E-state index is 12.2. The number of benzene rings is 2. The summed E-state index contributed by atoms with van der Waals surface area (Å²) < 4.78 is 7.03. The van der Waals surface area contributed by atoms with E-state index in [4.69, 9.17) is 4.74 Å². The number of aromatic nitrogens is 2. The number of carbonyl (C=O) groups is 1. The number of amides is 1. The maximum atomic E-state index is 12.2. The molecule has 0 radical (unpaired) electrons. The van der Waals surface area contributed by atoms with Crippen LogP contribution in [0.5, 0.6) is 5.75 Å². The molecule has 3 aromatic rings. The minimum atomic E-state index is -0.547. The number of rotatable bonds is 4. The normalized spacial score (nSPS) is 10.7. The molecule has 0 saturated heterocycles. The van der Waals surface area contributed by atoms with Crippen molar-refractivity contribution in [2.45, 2.75) is 26.7 Å². The molecule has 0 spiro atoms. The molecule has 3 rings (SSSR count). The number of anilines is 1. The first-order valence-corrected chi connectivity index (χ1v) is 8.24. The van der Waals surface area contributed by atoms with E-state index in [9.17, 15) is 4.79 Å². The lowest BCUT2D eigenvalue weighted by Crippen LogP contribution is -2.19. The monoisotopic (exact) mass is 335 g/mol. The van der Waals surface area contributed by atoms with Gasteiger partial charge >= 0.3 is 6.09 Å². The van der Waals surface area contributed by atoms with E-state index in [2.05, 4.69) is 24.3 Å². The average molecular weight is 335 g/mol. The van der Waals surface area contributed by atoms with E-state index >= 15 is 0 Å². The Morgan fingerprint density at radius 3 is 2.40 bits per heavy atom. The van der Waals surface area contributed by atoms with Crippen LogP contribution in [0, 0.1) is 6.92 Å². The van der Waals surface area contributed by atoms with Gasteiger partial charge in [-0.3, -0.25) is 5.32 Å². The van der Waals surface area contributed by atoms with Gasteiger partial charge in [-0.1, -0.05) is 49.7 Å². The van der Waals surface area contributed by atoms with Crippen molar-refractivity contribution in [1.29, 1.82) is 0 Å². The van der Waals surface area contributed by atoms with Gasteiger partial charge in [-0.15, -0.1) is 0 Å². The molecule has 0 aliphatic rings. The summed E-state index contributed by atoms with van der Waals surface area (Å²) in [6.07, 6.45) is -0.547. The standard InChI is InChI=1S/C20H21N3O2/c1-14(2)18-13-19(21-20(24)25-17-7-5-4-6-8-17)23(22-18)16-11-9-15(3)10-12-16/h4-14H,1-3H3,(H,21,24). The lowest BCUT2D eigenvalue weighted by Gasteiger charge is -2.09. The zero-order chi connectivity index (χ0) is 17.8. The Balaban J connectivity index is 1.86. The van der Waals surface area contributed by atoms with E-state index in [0.717, 1.165) is 16.9 Å². The summed E-state index contributed by atoms with van der Waals surface area (Å²) in [5.74, 6) is 1.32. The summed E-state index contributed by atoms with van der Waals surface area (Å²) >= 11 is 0. The number of aryl methyl sites for hydroxylation is 1. The summed E-state index contributed by atoms with van der Waals surface area (Å²) in [5.41, 5.74) is 2.95. The van der Waals surface area contributed by atoms with Crippen LogP contribution in [-0.2, 0) is 0 Å². The summed E-state index contributed by atoms with van der Waals surface area (Å²) in [6, 6.07) is 18.8. The molecule has 1 heterocycles. The Hall–Kier alpha value is -3.08. The van der Waals surface area contributed by atoms with Gasteiger partial charge in [0.05, 0.1) is 11.4 Å². The van der Waals surface area contributed by atoms with Gasteiger partial charge in [0.1, 0.15) is 11.6 Å². The summed E-state index contributed by atoms with van der Waals surface area (Å²) in [7, 11) is 0. The highest BCUT2D eigenvalue weighted by molar-refractivity contribution is 5.85. The molecule has 2 aromatic carbocycles. The van der Waals surface area contributed by atoms with Crippen molar-refractivity contribution >= 4 is 11.9 Å². The lowest BCUT2D eigenvalue weighted by atomic mass is 10.1. The van der Waals surface area contributed by atoms with Crippen LogP contribution in [-0.4, -0.2) is 15.9 Å². The molecule has 0 bridgehead atoms. The zero-order valence-electron chi connectivity index (χ0n) is 14.6. The van der Waals surface area contributed by atoms with Gasteiger partial charge in [-0.25, -0.2) is 9.48 Å². The van der Waals surface area contributed by atoms with E-state index < -0.39 is 6.09 Å². The molecule has 0 atom stereocenters. The first-order chi connectivity index (χ1) is 12.0. The highest BCUT2D eigenvalue weighted by Crippen LogP contribution is 2.23. The number of hydrogen-bond acceptors (Lipinski definition) is 3. The van der Waals surface area contributed by atoms with Gasteiger partial charge in [-0.05, 0) is 37.1 Å². The Morgan fingerprint density at radius 1 is 1.08 bits per heavy atom. The van der Waals surface area contributed by atoms with Crippen molar-refractivity contribution in [2.75, 3.05) is 5.32 Å². The Bertz CT molecular complexity index is 852. The first kappa shape index (κ1) is 16.8. The van der Waals surface area contributed by atoms with Crippen LogP contribution < -0.4 is 10.1 Å². The fourth-order valence-electron chi connectivity index (χ4n) is 2.38. The molecule has 1 N–H and O–H groups in total. The number of nitrogens with one attached hydrogen (secondary N) is 1. The number of hydrogen-bond donors (Lipinski definition) is 1. The van der Waals surface area contributed by atoms with E-state index in [1.54, 1.807) is 16.8 Å². The molecule has 1 aromatic heterocycles. The number of nitrogens with zero attached hydrogens (tertiary/aromatic N) is 2. The first-order valence-electron chi connectivity index (χ1n) is 8.24. The third-order valence-electron chi connectivity index (χ3n) is 3.78. The highest BCUT2D eigenvalue weighted by atomic mass is 16.6. The van der Waals surface area contributed by atoms with Crippen LogP contribution >= 0.6 is 0 Å². The third-order valence-corrected chi connectivity index (χ3v) is 3.78. The molecule has 0 fully saturated rings. The number of para-hydroxylation sites is 1. The van der Waals surface area contributed by atoms with Gasteiger partial charge in [-0.2, -0.15) is 5.10 Å². The highest BCUT2D eigenvalue weighted by Gasteiger charge is 2.15. The van der Waals surface area contributed by atoms with Crippen LogP contribution in [0.1, 0.15) is 31.0 Å². The van der Waals surface area contributed by atoms with E-state index in [-0.39, 0.29) is 5.92 Å². The molecular weight excluding hydrogens is 314 g/mol. The molecule has 0 aliphatic carbocycles. The minimum Gasteiger partial charge on any atom is -0.410 e. The zero-order valence-corrected chi connectivity index (χ0v) is 14.6. The van der Waals surface area contributed by atoms with Gasteiger partial charge in [0, 0.05) is 6.07 Å². The van der Waals surface area contributed by atoms with Crippen molar-refractivity contribution < 1.29 is 9.53 Å². The van der Waals surface area contributed by atoms with Crippen molar-refractivity contribution in [3.8, 4) is 11.4 Å². The van der Waals surface area contributed by atoms with Crippen LogP contribution in [0.15, 0.2) is 60.7 Å². The number of carbonyl (C=O) groups excluding carboxylic acids is 1. The predicted octanol–water partition coefficient (Wildman–Crippen LogP) is 4.92. The molecule has 1 amide bonds. The second kappa shape index (κ2) is 7.21. The second-order valence-corrected chi connectivity index (χ2v) is 6.18. The molecule has 0 unspecified atom stereocenters. The molecular formula is C20H21N3O2. The quantitative estimate of drug-likeness (QED) is 0.736. The van der Waals surface area contributed by atoms with E-state index in [1.165, 1.54) is 0 Å². The minimum absolute atomic E-state index is 0.248. The molecule has 25 heavy (non-hydrogen) atoms. The van der Waals surface area contributed by atoms with Crippen LogP contribution in [0.3, 0.4) is 0 Å². The molecule has 0 saturated carbocycles. The third kappa shape index (κ3) is 4.07. The molecule has 5 nitrogen and oxygen atoms in total. The fourth-order valence-corrected chi connectivity index (χ4v) is 2.38. The Morgan fingerprint density at radius 2 is 1.76 bits per heavy atom. The van der Waals surface area contributed by atoms with Crippen LogP contribution in [0.25, 0.3) is 5.69 Å². The van der Waals surface area contributed by atoms with Crippen molar-refractivity contribution in [3.05, 3.63) is 71.9 Å². The molecule has 128 valence electrons. The summed E-state index contributed by atoms with van der Waals surface area (Å²) in [6.45, 7) is 6.16. The Labute approximate surface area is 147 Å². The topological polar surface area (TPSA) is 56.2 Å². The average Bonchev–Trinajstić information content (AvgIpc) is 3.00. The van der Waals surface area contributed by atoms with Crippen molar-refractivity contribution in [2.24, 2.45) is 0 Å². The number of ether oxygens (including phenoxy) is 1. The SMILES string of the molecule is Cc1ccc(-n2nc(C(C)C)cc2NC(=O)Oc2ccccc2)cc1. The van der Waals surface area contributed by atoms with E-state index in [1.807, 2.05) is 55.5 Å². The summed E-state index contributed by atoms with van der Waals surface area (Å²) in [5, 5.41) is 7.40. The smallest absolute Gasteiger partial charge is 0.410 e. The van der Waals surface area contributed by atoms with Crippen molar-refractivity contribution in [1.82, 2.24) is 9.78 Å². The van der Waals surface area contributed by atoms with Crippen LogP contribution in [0.2, 0.25) is 0 Å². The summed E-state index contributed by atoms with van der Waals surface area (Å²) in [4.78, 5) is 12.2. The fraction of sp³-hybridized carbons (Fsp3) is 0.200. The van der Waals surface area contributed by atoms with Gasteiger partial charge in [0.15, 0.2) is 0 Å². The largest absolute Gasteiger partial charge is 0.418 e. The molecule has 0 aliphatic heterocycles. The Kier molecular flexibility index (Phi) is 4.84. The van der Waals surface area contributed by atoms with Crippen molar-refractivity contribution in [3.63, 3.8) is 0 Å².